The van der Waals surface area contributed by atoms with Crippen LogP contribution >= 0.6 is 0 Å². The molecule has 2 aliphatic rings. The van der Waals surface area contributed by atoms with E-state index in [1.807, 2.05) is 0 Å². The second-order valence-electron chi connectivity index (χ2n) is 3.56. The zero-order chi connectivity index (χ0) is 9.80. The predicted molar refractivity (Wildman–Crippen MR) is 39.4 cm³/mol. The summed E-state index contributed by atoms with van der Waals surface area (Å²) in [5, 5.41) is 30.5. The van der Waals surface area contributed by atoms with Crippen molar-refractivity contribution in [2.24, 2.45) is 0 Å². The van der Waals surface area contributed by atoms with E-state index in [1.165, 1.54) is 6.92 Å². The van der Waals surface area contributed by atoms with E-state index in [-0.39, 0.29) is 0 Å². The van der Waals surface area contributed by atoms with Gasteiger partial charge in [0.2, 0.25) is 0 Å². The molecule has 0 saturated carbocycles. The summed E-state index contributed by atoms with van der Waals surface area (Å²) < 4.78 is 5.07. The fourth-order valence-electron chi connectivity index (χ4n) is 1.72. The number of carbonyl (C=O) groups is 1. The standard InChI is InChI=1S/C7H11NO5/c1-7-5(11)3(10)2(9)4(13-7)6(12)8-7/h2-5,9-11H,1H3,(H,8,12)/t2-,3-,4+,5-,7-/m0/s1. The van der Waals surface area contributed by atoms with Crippen LogP contribution in [0.25, 0.3) is 0 Å². The molecule has 0 unspecified atom stereocenters. The number of nitrogens with one attached hydrogen (secondary N) is 1. The molecule has 1 amide bonds. The van der Waals surface area contributed by atoms with Gasteiger partial charge in [-0.15, -0.1) is 0 Å². The Hall–Kier alpha value is -0.690. The molecule has 0 aromatic carbocycles. The number of hydrogen-bond acceptors (Lipinski definition) is 5. The average Bonchev–Trinajstić information content (AvgIpc) is 2.35. The van der Waals surface area contributed by atoms with Gasteiger partial charge in [0.25, 0.3) is 5.91 Å². The van der Waals surface area contributed by atoms with E-state index in [2.05, 4.69) is 5.32 Å². The van der Waals surface area contributed by atoms with Crippen LogP contribution in [-0.4, -0.2) is 51.4 Å². The van der Waals surface area contributed by atoms with Crippen molar-refractivity contribution >= 4 is 5.91 Å². The lowest BCUT2D eigenvalue weighted by Crippen LogP contribution is -2.61. The van der Waals surface area contributed by atoms with Crippen molar-refractivity contribution in [3.63, 3.8) is 0 Å². The zero-order valence-electron chi connectivity index (χ0n) is 6.97. The molecule has 2 fully saturated rings. The first kappa shape index (κ1) is 8.89. The summed E-state index contributed by atoms with van der Waals surface area (Å²) >= 11 is 0. The van der Waals surface area contributed by atoms with Crippen LogP contribution in [0.15, 0.2) is 0 Å². The Labute approximate surface area is 74.1 Å². The number of rotatable bonds is 0. The average molecular weight is 189 g/mol. The van der Waals surface area contributed by atoms with E-state index in [1.54, 1.807) is 0 Å². The number of carbonyl (C=O) groups excluding carboxylic acids is 1. The first-order valence-electron chi connectivity index (χ1n) is 4.00. The smallest absolute Gasteiger partial charge is 0.254 e. The van der Waals surface area contributed by atoms with Crippen molar-refractivity contribution in [3.8, 4) is 0 Å². The molecule has 6 nitrogen and oxygen atoms in total. The number of aliphatic hydroxyl groups excluding tert-OH is 3. The van der Waals surface area contributed by atoms with E-state index in [4.69, 9.17) is 4.74 Å². The second-order valence-corrected chi connectivity index (χ2v) is 3.56. The SMILES string of the molecule is C[C@]12NC(=O)[C@H](O1)[C@@H](O)[C@H](O)[C@@H]2O. The van der Waals surface area contributed by atoms with Crippen molar-refractivity contribution in [2.45, 2.75) is 37.1 Å². The summed E-state index contributed by atoms with van der Waals surface area (Å²) in [7, 11) is 0. The van der Waals surface area contributed by atoms with Crippen LogP contribution < -0.4 is 5.32 Å². The Morgan fingerprint density at radius 3 is 2.62 bits per heavy atom. The van der Waals surface area contributed by atoms with Gasteiger partial charge in [-0.05, 0) is 6.92 Å². The van der Waals surface area contributed by atoms with E-state index in [9.17, 15) is 20.1 Å². The third-order valence-corrected chi connectivity index (χ3v) is 2.55. The summed E-state index contributed by atoms with van der Waals surface area (Å²) in [5.74, 6) is -0.509. The summed E-state index contributed by atoms with van der Waals surface area (Å²) in [4.78, 5) is 11.1. The maximum absolute atomic E-state index is 11.1. The van der Waals surface area contributed by atoms with Gasteiger partial charge in [-0.3, -0.25) is 4.79 Å². The van der Waals surface area contributed by atoms with Crippen LogP contribution in [0.1, 0.15) is 6.92 Å². The summed E-state index contributed by atoms with van der Waals surface area (Å²) in [5.41, 5.74) is -1.28. The third-order valence-electron chi connectivity index (χ3n) is 2.55. The topological polar surface area (TPSA) is 99.0 Å². The molecule has 0 aliphatic carbocycles. The molecule has 74 valence electrons. The van der Waals surface area contributed by atoms with Crippen molar-refractivity contribution in [2.75, 3.05) is 0 Å². The normalized spacial score (nSPS) is 54.9. The highest BCUT2D eigenvalue weighted by Crippen LogP contribution is 2.32. The van der Waals surface area contributed by atoms with Gasteiger partial charge in [0, 0.05) is 0 Å². The highest BCUT2D eigenvalue weighted by atomic mass is 16.6. The lowest BCUT2D eigenvalue weighted by Gasteiger charge is -2.38. The molecule has 5 atom stereocenters. The molecule has 2 bridgehead atoms. The molecule has 2 saturated heterocycles. The molecule has 0 aromatic rings. The Balaban J connectivity index is 2.35. The number of aliphatic hydroxyl groups is 3. The molecular formula is C7H11NO5. The summed E-state index contributed by atoms with van der Waals surface area (Å²) in [6.45, 7) is 1.45. The van der Waals surface area contributed by atoms with Crippen LogP contribution in [0.3, 0.4) is 0 Å². The van der Waals surface area contributed by atoms with E-state index < -0.39 is 36.0 Å². The summed E-state index contributed by atoms with van der Waals surface area (Å²) in [6, 6.07) is 0. The first-order chi connectivity index (χ1) is 5.96. The lowest BCUT2D eigenvalue weighted by molar-refractivity contribution is -0.235. The maximum atomic E-state index is 11.1. The molecule has 13 heavy (non-hydrogen) atoms. The number of amides is 1. The molecule has 6 heteroatoms. The van der Waals surface area contributed by atoms with E-state index in [0.717, 1.165) is 0 Å². The van der Waals surface area contributed by atoms with Crippen LogP contribution in [0.2, 0.25) is 0 Å². The Kier molecular flexibility index (Phi) is 1.65. The van der Waals surface area contributed by atoms with Gasteiger partial charge in [-0.2, -0.15) is 0 Å². The monoisotopic (exact) mass is 189 g/mol. The fourth-order valence-corrected chi connectivity index (χ4v) is 1.72. The molecule has 2 rings (SSSR count). The highest BCUT2D eigenvalue weighted by Gasteiger charge is 2.59. The van der Waals surface area contributed by atoms with Gasteiger partial charge < -0.3 is 25.4 Å². The molecular weight excluding hydrogens is 178 g/mol. The lowest BCUT2D eigenvalue weighted by atomic mass is 9.95. The van der Waals surface area contributed by atoms with Gasteiger partial charge in [0.15, 0.2) is 11.8 Å². The van der Waals surface area contributed by atoms with Gasteiger partial charge in [0.05, 0.1) is 0 Å². The van der Waals surface area contributed by atoms with E-state index >= 15 is 0 Å². The van der Waals surface area contributed by atoms with Crippen LogP contribution in [0, 0.1) is 0 Å². The quantitative estimate of drug-likeness (QED) is 0.332. The predicted octanol–water partition coefficient (Wildman–Crippen LogP) is -2.69. The van der Waals surface area contributed by atoms with Gasteiger partial charge in [-0.1, -0.05) is 0 Å². The first-order valence-corrected chi connectivity index (χ1v) is 4.00. The minimum Gasteiger partial charge on any atom is -0.387 e. The number of ether oxygens (including phenoxy) is 1. The van der Waals surface area contributed by atoms with Gasteiger partial charge in [-0.25, -0.2) is 0 Å². The van der Waals surface area contributed by atoms with Crippen molar-refractivity contribution in [3.05, 3.63) is 0 Å². The van der Waals surface area contributed by atoms with Gasteiger partial charge in [0.1, 0.15) is 18.3 Å². The van der Waals surface area contributed by atoms with E-state index in [0.29, 0.717) is 0 Å². The third kappa shape index (κ3) is 1.000. The largest absolute Gasteiger partial charge is 0.387 e. The molecule has 0 aromatic heterocycles. The van der Waals surface area contributed by atoms with Crippen molar-refractivity contribution in [1.82, 2.24) is 5.32 Å². The number of hydrogen-bond donors (Lipinski definition) is 4. The Morgan fingerprint density at radius 2 is 2.00 bits per heavy atom. The Bertz CT molecular complexity index is 257. The molecule has 0 spiro atoms. The molecule has 4 N–H and O–H groups in total. The minimum absolute atomic E-state index is 0.509. The van der Waals surface area contributed by atoms with Crippen LogP contribution in [0.4, 0.5) is 0 Å². The zero-order valence-corrected chi connectivity index (χ0v) is 6.97. The number of fused-ring (bicyclic) bond motifs is 2. The van der Waals surface area contributed by atoms with Crippen LogP contribution in [0.5, 0.6) is 0 Å². The highest BCUT2D eigenvalue weighted by molar-refractivity contribution is 5.84. The fraction of sp³-hybridized carbons (Fsp3) is 0.857. The summed E-state index contributed by atoms with van der Waals surface area (Å²) in [6.07, 6.45) is -5.12. The molecule has 0 radical (unpaired) electrons. The minimum atomic E-state index is -1.37. The van der Waals surface area contributed by atoms with Crippen LogP contribution in [-0.2, 0) is 9.53 Å². The second kappa shape index (κ2) is 2.42. The maximum Gasteiger partial charge on any atom is 0.254 e. The molecule has 2 heterocycles. The van der Waals surface area contributed by atoms with Crippen molar-refractivity contribution < 1.29 is 24.9 Å². The Morgan fingerprint density at radius 1 is 1.38 bits per heavy atom. The molecule has 2 aliphatic heterocycles. The van der Waals surface area contributed by atoms with Gasteiger partial charge >= 0.3 is 0 Å². The van der Waals surface area contributed by atoms with Crippen molar-refractivity contribution in [1.29, 1.82) is 0 Å².